The average Bonchev–Trinajstić information content (AvgIpc) is 2.22. The van der Waals surface area contributed by atoms with Gasteiger partial charge < -0.3 is 10.5 Å². The van der Waals surface area contributed by atoms with Crippen molar-refractivity contribution < 1.29 is 9.13 Å². The lowest BCUT2D eigenvalue weighted by atomic mass is 10.1. The molecular weight excluding hydrogens is 219 g/mol. The maximum Gasteiger partial charge on any atom is 0.123 e. The van der Waals surface area contributed by atoms with Crippen LogP contribution in [0.3, 0.4) is 0 Å². The Morgan fingerprint density at radius 1 is 1.47 bits per heavy atom. The molecule has 0 aliphatic carbocycles. The van der Waals surface area contributed by atoms with Crippen LogP contribution in [0.2, 0.25) is 0 Å². The number of halogens is 1. The molecule has 0 bridgehead atoms. The number of anilines is 1. The second-order valence-electron chi connectivity index (χ2n) is 5.16. The summed E-state index contributed by atoms with van der Waals surface area (Å²) in [7, 11) is 0. The van der Waals surface area contributed by atoms with Gasteiger partial charge in [-0.15, -0.1) is 0 Å². The fourth-order valence-electron chi connectivity index (χ4n) is 2.20. The molecule has 0 aromatic heterocycles. The first-order valence-corrected chi connectivity index (χ1v) is 5.86. The highest BCUT2D eigenvalue weighted by molar-refractivity contribution is 5.46. The van der Waals surface area contributed by atoms with E-state index in [1.807, 2.05) is 0 Å². The molecule has 0 saturated carbocycles. The number of rotatable bonds is 2. The molecule has 94 valence electrons. The Morgan fingerprint density at radius 2 is 2.24 bits per heavy atom. The van der Waals surface area contributed by atoms with Crippen molar-refractivity contribution in [2.75, 3.05) is 25.4 Å². The molecule has 0 radical (unpaired) electrons. The van der Waals surface area contributed by atoms with Crippen LogP contribution in [0, 0.1) is 5.82 Å². The van der Waals surface area contributed by atoms with E-state index >= 15 is 0 Å². The zero-order valence-electron chi connectivity index (χ0n) is 10.4. The average molecular weight is 238 g/mol. The third-order valence-electron chi connectivity index (χ3n) is 3.00. The highest BCUT2D eigenvalue weighted by atomic mass is 19.1. The van der Waals surface area contributed by atoms with Gasteiger partial charge in [-0.25, -0.2) is 4.39 Å². The molecule has 2 rings (SSSR count). The molecule has 0 atom stereocenters. The van der Waals surface area contributed by atoms with Gasteiger partial charge in [0, 0.05) is 25.3 Å². The van der Waals surface area contributed by atoms with Crippen LogP contribution in [0.15, 0.2) is 18.2 Å². The molecule has 0 spiro atoms. The van der Waals surface area contributed by atoms with Crippen LogP contribution < -0.4 is 5.73 Å². The van der Waals surface area contributed by atoms with Crippen molar-refractivity contribution in [3.63, 3.8) is 0 Å². The topological polar surface area (TPSA) is 38.5 Å². The Labute approximate surface area is 101 Å². The predicted molar refractivity (Wildman–Crippen MR) is 66.1 cm³/mol. The second kappa shape index (κ2) is 4.63. The summed E-state index contributed by atoms with van der Waals surface area (Å²) in [6, 6.07) is 4.52. The van der Waals surface area contributed by atoms with Crippen molar-refractivity contribution in [2.24, 2.45) is 0 Å². The van der Waals surface area contributed by atoms with E-state index < -0.39 is 0 Å². The van der Waals surface area contributed by atoms with Crippen molar-refractivity contribution in [1.82, 2.24) is 4.90 Å². The fourth-order valence-corrected chi connectivity index (χ4v) is 2.20. The second-order valence-corrected chi connectivity index (χ2v) is 5.16. The van der Waals surface area contributed by atoms with Crippen LogP contribution in [0.1, 0.15) is 19.4 Å². The van der Waals surface area contributed by atoms with E-state index in [0.717, 1.165) is 18.7 Å². The van der Waals surface area contributed by atoms with E-state index in [1.165, 1.54) is 12.1 Å². The van der Waals surface area contributed by atoms with Crippen LogP contribution in [-0.4, -0.2) is 30.2 Å². The molecule has 1 aliphatic heterocycles. The third kappa shape index (κ3) is 3.17. The molecule has 1 saturated heterocycles. The van der Waals surface area contributed by atoms with Crippen LogP contribution in [0.4, 0.5) is 10.1 Å². The Kier molecular flexibility index (Phi) is 3.35. The Morgan fingerprint density at radius 3 is 2.94 bits per heavy atom. The van der Waals surface area contributed by atoms with Gasteiger partial charge in [-0.2, -0.15) is 0 Å². The highest BCUT2D eigenvalue weighted by Crippen LogP contribution is 2.21. The van der Waals surface area contributed by atoms with E-state index in [0.29, 0.717) is 18.8 Å². The zero-order chi connectivity index (χ0) is 12.5. The molecular formula is C13H19FN2O. The minimum absolute atomic E-state index is 0.139. The first kappa shape index (κ1) is 12.3. The van der Waals surface area contributed by atoms with Crippen LogP contribution >= 0.6 is 0 Å². The van der Waals surface area contributed by atoms with Gasteiger partial charge in [-0.3, -0.25) is 4.90 Å². The van der Waals surface area contributed by atoms with Gasteiger partial charge in [0.2, 0.25) is 0 Å². The van der Waals surface area contributed by atoms with Crippen molar-refractivity contribution in [1.29, 1.82) is 0 Å². The minimum Gasteiger partial charge on any atom is -0.398 e. The molecule has 2 N–H and O–H groups in total. The lowest BCUT2D eigenvalue weighted by molar-refractivity contribution is -0.0882. The van der Waals surface area contributed by atoms with E-state index in [4.69, 9.17) is 10.5 Å². The molecule has 0 amide bonds. The number of nitrogens with two attached hydrogens (primary N) is 1. The summed E-state index contributed by atoms with van der Waals surface area (Å²) in [6.07, 6.45) is 0. The molecule has 1 aromatic carbocycles. The van der Waals surface area contributed by atoms with Gasteiger partial charge in [0.15, 0.2) is 0 Å². The quantitative estimate of drug-likeness (QED) is 0.801. The normalized spacial score (nSPS) is 20.4. The lowest BCUT2D eigenvalue weighted by Gasteiger charge is -2.38. The number of nitrogens with zero attached hydrogens (tertiary/aromatic N) is 1. The van der Waals surface area contributed by atoms with Crippen molar-refractivity contribution >= 4 is 5.69 Å². The number of nitrogen functional groups attached to an aromatic ring is 1. The maximum atomic E-state index is 13.2. The predicted octanol–water partition coefficient (Wildman–Crippen LogP) is 2.02. The summed E-state index contributed by atoms with van der Waals surface area (Å²) >= 11 is 0. The van der Waals surface area contributed by atoms with Gasteiger partial charge in [-0.05, 0) is 37.6 Å². The van der Waals surface area contributed by atoms with Crippen LogP contribution in [0.25, 0.3) is 0 Å². The van der Waals surface area contributed by atoms with E-state index in [-0.39, 0.29) is 11.4 Å². The smallest absolute Gasteiger partial charge is 0.123 e. The number of hydrogen-bond donors (Lipinski definition) is 1. The summed E-state index contributed by atoms with van der Waals surface area (Å²) in [5, 5.41) is 0. The molecule has 1 heterocycles. The van der Waals surface area contributed by atoms with Crippen LogP contribution in [-0.2, 0) is 11.3 Å². The van der Waals surface area contributed by atoms with Gasteiger partial charge in [0.25, 0.3) is 0 Å². The van der Waals surface area contributed by atoms with Gasteiger partial charge in [0.1, 0.15) is 5.82 Å². The standard InChI is InChI=1S/C13H19FN2O/c1-13(2)9-16(5-6-17-13)8-10-7-11(14)3-4-12(10)15/h3-4,7H,5-6,8-9,15H2,1-2H3. The number of ether oxygens (including phenoxy) is 1. The van der Waals surface area contributed by atoms with Crippen molar-refractivity contribution in [2.45, 2.75) is 26.0 Å². The summed E-state index contributed by atoms with van der Waals surface area (Å²) in [5.74, 6) is -0.235. The summed E-state index contributed by atoms with van der Waals surface area (Å²) < 4.78 is 18.8. The molecule has 1 aromatic rings. The SMILES string of the molecule is CC1(C)CN(Cc2cc(F)ccc2N)CCO1. The van der Waals surface area contributed by atoms with E-state index in [9.17, 15) is 4.39 Å². The van der Waals surface area contributed by atoms with Crippen molar-refractivity contribution in [3.05, 3.63) is 29.6 Å². The third-order valence-corrected chi connectivity index (χ3v) is 3.00. The zero-order valence-corrected chi connectivity index (χ0v) is 10.4. The Bertz CT molecular complexity index is 406. The monoisotopic (exact) mass is 238 g/mol. The summed E-state index contributed by atoms with van der Waals surface area (Å²) in [5.41, 5.74) is 7.21. The minimum atomic E-state index is -0.235. The molecule has 0 unspecified atom stereocenters. The van der Waals surface area contributed by atoms with Gasteiger partial charge >= 0.3 is 0 Å². The summed E-state index contributed by atoms with van der Waals surface area (Å²) in [6.45, 7) is 7.21. The number of morpholine rings is 1. The number of benzene rings is 1. The first-order chi connectivity index (χ1) is 7.96. The molecule has 17 heavy (non-hydrogen) atoms. The highest BCUT2D eigenvalue weighted by Gasteiger charge is 2.27. The molecule has 3 nitrogen and oxygen atoms in total. The van der Waals surface area contributed by atoms with E-state index in [2.05, 4.69) is 18.7 Å². The maximum absolute atomic E-state index is 13.2. The lowest BCUT2D eigenvalue weighted by Crippen LogP contribution is -2.47. The molecule has 1 fully saturated rings. The molecule has 4 heteroatoms. The Hall–Kier alpha value is -1.13. The van der Waals surface area contributed by atoms with Crippen molar-refractivity contribution in [3.8, 4) is 0 Å². The fraction of sp³-hybridized carbons (Fsp3) is 0.538. The largest absolute Gasteiger partial charge is 0.398 e. The van der Waals surface area contributed by atoms with E-state index in [1.54, 1.807) is 6.07 Å². The summed E-state index contributed by atoms with van der Waals surface area (Å²) in [4.78, 5) is 2.24. The number of hydrogen-bond acceptors (Lipinski definition) is 3. The molecule has 1 aliphatic rings. The first-order valence-electron chi connectivity index (χ1n) is 5.86. The van der Waals surface area contributed by atoms with Crippen LogP contribution in [0.5, 0.6) is 0 Å². The van der Waals surface area contributed by atoms with Gasteiger partial charge in [-0.1, -0.05) is 0 Å². The van der Waals surface area contributed by atoms with Gasteiger partial charge in [0.05, 0.1) is 12.2 Å². The Balaban J connectivity index is 2.07.